The molecule has 1 aromatic heterocycles. The van der Waals surface area contributed by atoms with Gasteiger partial charge in [-0.3, -0.25) is 9.71 Å². The number of benzene rings is 1. The van der Waals surface area contributed by atoms with Gasteiger partial charge < -0.3 is 4.74 Å². The average molecular weight is 320 g/mol. The van der Waals surface area contributed by atoms with Gasteiger partial charge >= 0.3 is 0 Å². The molecule has 2 rings (SSSR count). The molecule has 0 saturated heterocycles. The van der Waals surface area contributed by atoms with Crippen molar-refractivity contribution in [3.05, 3.63) is 42.7 Å². The summed E-state index contributed by atoms with van der Waals surface area (Å²) in [6, 6.07) is 9.09. The molecule has 22 heavy (non-hydrogen) atoms. The summed E-state index contributed by atoms with van der Waals surface area (Å²) in [5.41, 5.74) is 1.98. The van der Waals surface area contributed by atoms with Gasteiger partial charge in [-0.05, 0) is 18.1 Å². The zero-order valence-electron chi connectivity index (χ0n) is 12.9. The smallest absolute Gasteiger partial charge is 0.232 e. The number of rotatable bonds is 6. The lowest BCUT2D eigenvalue weighted by molar-refractivity contribution is 0.416. The molecule has 0 fully saturated rings. The summed E-state index contributed by atoms with van der Waals surface area (Å²) in [6.45, 7) is 3.74. The van der Waals surface area contributed by atoms with Crippen molar-refractivity contribution in [1.29, 1.82) is 0 Å². The van der Waals surface area contributed by atoms with Crippen molar-refractivity contribution < 1.29 is 13.2 Å². The minimum Gasteiger partial charge on any atom is -0.496 e. The fourth-order valence-corrected chi connectivity index (χ4v) is 3.69. The van der Waals surface area contributed by atoms with Gasteiger partial charge in [0.25, 0.3) is 0 Å². The van der Waals surface area contributed by atoms with Gasteiger partial charge in [-0.25, -0.2) is 8.42 Å². The molecule has 1 aromatic carbocycles. The van der Waals surface area contributed by atoms with E-state index in [-0.39, 0.29) is 11.7 Å². The van der Waals surface area contributed by atoms with E-state index in [1.54, 1.807) is 25.6 Å². The van der Waals surface area contributed by atoms with E-state index < -0.39 is 10.0 Å². The van der Waals surface area contributed by atoms with Crippen molar-refractivity contribution in [3.63, 3.8) is 0 Å². The van der Waals surface area contributed by atoms with Crippen LogP contribution in [0.1, 0.15) is 13.8 Å². The number of sulfonamides is 1. The van der Waals surface area contributed by atoms with E-state index >= 15 is 0 Å². The maximum absolute atomic E-state index is 12.2. The second kappa shape index (κ2) is 6.79. The number of hydrogen-bond acceptors (Lipinski definition) is 4. The van der Waals surface area contributed by atoms with Crippen LogP contribution in [0.3, 0.4) is 0 Å². The second-order valence-corrected chi connectivity index (χ2v) is 7.17. The number of anilines is 1. The molecule has 0 aliphatic carbocycles. The Morgan fingerprint density at radius 3 is 2.59 bits per heavy atom. The van der Waals surface area contributed by atoms with Crippen molar-refractivity contribution in [2.45, 2.75) is 13.8 Å². The molecule has 6 heteroatoms. The molecular formula is C16H20N2O3S. The average Bonchev–Trinajstić information content (AvgIpc) is 2.46. The number of hydrogen-bond donors (Lipinski definition) is 1. The van der Waals surface area contributed by atoms with E-state index in [2.05, 4.69) is 9.71 Å². The molecule has 0 amide bonds. The van der Waals surface area contributed by atoms with Crippen LogP contribution in [0, 0.1) is 5.92 Å². The summed E-state index contributed by atoms with van der Waals surface area (Å²) in [5.74, 6) is 0.787. The molecule has 118 valence electrons. The number of methoxy groups -OCH3 is 1. The number of nitrogens with zero attached hydrogens (tertiary/aromatic N) is 1. The maximum Gasteiger partial charge on any atom is 0.232 e. The minimum absolute atomic E-state index is 0.0500. The van der Waals surface area contributed by atoms with E-state index in [0.29, 0.717) is 17.0 Å². The highest BCUT2D eigenvalue weighted by atomic mass is 32.2. The largest absolute Gasteiger partial charge is 0.496 e. The normalized spacial score (nSPS) is 11.5. The molecule has 0 atom stereocenters. The summed E-state index contributed by atoms with van der Waals surface area (Å²) >= 11 is 0. The van der Waals surface area contributed by atoms with Gasteiger partial charge in [-0.1, -0.05) is 32.0 Å². The molecular weight excluding hydrogens is 300 g/mol. The first kappa shape index (κ1) is 16.3. The van der Waals surface area contributed by atoms with E-state index in [9.17, 15) is 8.42 Å². The van der Waals surface area contributed by atoms with Crippen molar-refractivity contribution in [2.24, 2.45) is 5.92 Å². The summed E-state index contributed by atoms with van der Waals surface area (Å²) in [6.07, 6.45) is 3.19. The minimum atomic E-state index is -3.40. The highest BCUT2D eigenvalue weighted by Gasteiger charge is 2.17. The van der Waals surface area contributed by atoms with Gasteiger partial charge in [0, 0.05) is 23.5 Å². The topological polar surface area (TPSA) is 68.3 Å². The monoisotopic (exact) mass is 320 g/mol. The summed E-state index contributed by atoms with van der Waals surface area (Å²) in [4.78, 5) is 4.10. The van der Waals surface area contributed by atoms with Gasteiger partial charge in [0.1, 0.15) is 5.75 Å². The van der Waals surface area contributed by atoms with Crippen molar-refractivity contribution in [3.8, 4) is 16.9 Å². The Bertz CT molecular complexity index is 743. The van der Waals surface area contributed by atoms with Crippen LogP contribution in [0.4, 0.5) is 5.69 Å². The lowest BCUT2D eigenvalue weighted by Gasteiger charge is -2.15. The van der Waals surface area contributed by atoms with E-state index in [1.807, 2.05) is 38.1 Å². The number of para-hydroxylation sites is 1. The molecule has 0 bridgehead atoms. The molecule has 5 nitrogen and oxygen atoms in total. The van der Waals surface area contributed by atoms with Crippen LogP contribution in [-0.4, -0.2) is 26.3 Å². The molecule has 0 aliphatic rings. The number of nitrogens with one attached hydrogen (secondary N) is 1. The molecule has 1 N–H and O–H groups in total. The second-order valence-electron chi connectivity index (χ2n) is 5.40. The van der Waals surface area contributed by atoms with Crippen LogP contribution in [0.15, 0.2) is 42.7 Å². The van der Waals surface area contributed by atoms with Crippen LogP contribution in [0.25, 0.3) is 11.1 Å². The van der Waals surface area contributed by atoms with E-state index in [1.165, 1.54) is 0 Å². The first-order valence-corrected chi connectivity index (χ1v) is 8.66. The predicted molar refractivity (Wildman–Crippen MR) is 88.5 cm³/mol. The quantitative estimate of drug-likeness (QED) is 0.887. The Morgan fingerprint density at radius 1 is 1.18 bits per heavy atom. The number of ether oxygens (including phenoxy) is 1. The third-order valence-corrected chi connectivity index (χ3v) is 4.67. The van der Waals surface area contributed by atoms with Gasteiger partial charge in [0.2, 0.25) is 10.0 Å². The van der Waals surface area contributed by atoms with Crippen LogP contribution in [0.5, 0.6) is 5.75 Å². The first-order chi connectivity index (χ1) is 10.4. The molecule has 0 saturated carbocycles. The number of pyridine rings is 1. The summed E-state index contributed by atoms with van der Waals surface area (Å²) < 4.78 is 32.4. The Hall–Kier alpha value is -2.08. The highest BCUT2D eigenvalue weighted by molar-refractivity contribution is 7.92. The van der Waals surface area contributed by atoms with Gasteiger partial charge in [0.15, 0.2) is 0 Å². The Kier molecular flexibility index (Phi) is 5.03. The Labute approximate surface area is 131 Å². The Balaban J connectivity index is 2.44. The SMILES string of the molecule is COc1ccccc1-c1cnccc1NS(=O)(=O)CC(C)C. The Morgan fingerprint density at radius 2 is 1.91 bits per heavy atom. The van der Waals surface area contributed by atoms with Crippen molar-refractivity contribution >= 4 is 15.7 Å². The molecule has 0 unspecified atom stereocenters. The summed E-state index contributed by atoms with van der Waals surface area (Å²) in [7, 11) is -1.82. The standard InChI is InChI=1S/C16H20N2O3S/c1-12(2)11-22(19,20)18-15-8-9-17-10-14(15)13-6-4-5-7-16(13)21-3/h4-10,12H,11H2,1-3H3,(H,17,18). The van der Waals surface area contributed by atoms with Crippen LogP contribution >= 0.6 is 0 Å². The molecule has 0 spiro atoms. The predicted octanol–water partition coefficient (Wildman–Crippen LogP) is 3.15. The maximum atomic E-state index is 12.2. The van der Waals surface area contributed by atoms with E-state index in [4.69, 9.17) is 4.74 Å². The van der Waals surface area contributed by atoms with Crippen LogP contribution < -0.4 is 9.46 Å². The van der Waals surface area contributed by atoms with Crippen LogP contribution in [-0.2, 0) is 10.0 Å². The highest BCUT2D eigenvalue weighted by Crippen LogP contribution is 2.34. The third-order valence-electron chi connectivity index (χ3n) is 3.04. The first-order valence-electron chi connectivity index (χ1n) is 7.01. The fourth-order valence-electron chi connectivity index (χ4n) is 2.21. The van der Waals surface area contributed by atoms with Crippen LogP contribution in [0.2, 0.25) is 0 Å². The third kappa shape index (κ3) is 3.98. The zero-order valence-corrected chi connectivity index (χ0v) is 13.7. The molecule has 0 radical (unpaired) electrons. The van der Waals surface area contributed by atoms with Gasteiger partial charge in [0.05, 0.1) is 18.6 Å². The number of aromatic nitrogens is 1. The molecule has 1 heterocycles. The lowest BCUT2D eigenvalue weighted by Crippen LogP contribution is -2.20. The molecule has 2 aromatic rings. The molecule has 0 aliphatic heterocycles. The lowest BCUT2D eigenvalue weighted by atomic mass is 10.1. The van der Waals surface area contributed by atoms with Crippen molar-refractivity contribution in [2.75, 3.05) is 17.6 Å². The summed E-state index contributed by atoms with van der Waals surface area (Å²) in [5, 5.41) is 0. The van der Waals surface area contributed by atoms with Gasteiger partial charge in [-0.2, -0.15) is 0 Å². The van der Waals surface area contributed by atoms with Gasteiger partial charge in [-0.15, -0.1) is 0 Å². The fraction of sp³-hybridized carbons (Fsp3) is 0.312. The van der Waals surface area contributed by atoms with Crippen molar-refractivity contribution in [1.82, 2.24) is 4.98 Å². The van der Waals surface area contributed by atoms with E-state index in [0.717, 1.165) is 5.56 Å². The zero-order chi connectivity index (χ0) is 16.2.